The van der Waals surface area contributed by atoms with E-state index in [9.17, 15) is 10.1 Å². The fraction of sp³-hybridized carbons (Fsp3) is 0.0435. The predicted octanol–water partition coefficient (Wildman–Crippen LogP) is 7.64. The zero-order valence-corrected chi connectivity index (χ0v) is 20.5. The third-order valence-electron chi connectivity index (χ3n) is 4.13. The van der Waals surface area contributed by atoms with Gasteiger partial charge in [0.2, 0.25) is 0 Å². The Bertz CT molecular complexity index is 1190. The molecule has 0 fully saturated rings. The summed E-state index contributed by atoms with van der Waals surface area (Å²) < 4.78 is 7.41. The van der Waals surface area contributed by atoms with Crippen molar-refractivity contribution >= 4 is 72.7 Å². The van der Waals surface area contributed by atoms with Crippen molar-refractivity contribution in [1.82, 2.24) is 0 Å². The van der Waals surface area contributed by atoms with Gasteiger partial charge in [0.25, 0.3) is 5.91 Å². The molecule has 0 unspecified atom stereocenters. The molecule has 31 heavy (non-hydrogen) atoms. The first-order chi connectivity index (χ1) is 14.9. The maximum absolute atomic E-state index is 12.6. The Balaban J connectivity index is 1.89. The van der Waals surface area contributed by atoms with Crippen molar-refractivity contribution in [2.75, 3.05) is 5.32 Å². The first-order valence-electron chi connectivity index (χ1n) is 8.91. The standard InChI is InChI=1S/C23H14Br2Cl2N2O2/c24-17-10-15(9-16(12-28)23(30)29-19-7-5-18(26)6-8-19)22(20(25)11-17)31-13-14-3-1-2-4-21(14)27/h1-11H,13H2,(H,29,30)/b16-9+. The highest BCUT2D eigenvalue weighted by Crippen LogP contribution is 2.35. The molecule has 0 atom stereocenters. The highest BCUT2D eigenvalue weighted by atomic mass is 79.9. The number of hydrogen-bond acceptors (Lipinski definition) is 3. The van der Waals surface area contributed by atoms with Crippen LogP contribution < -0.4 is 10.1 Å². The molecular formula is C23H14Br2Cl2N2O2. The Morgan fingerprint density at radius 3 is 2.48 bits per heavy atom. The van der Waals surface area contributed by atoms with Crippen molar-refractivity contribution in [3.8, 4) is 11.8 Å². The van der Waals surface area contributed by atoms with Gasteiger partial charge in [-0.15, -0.1) is 0 Å². The lowest BCUT2D eigenvalue weighted by molar-refractivity contribution is -0.112. The topological polar surface area (TPSA) is 62.1 Å². The molecule has 0 aliphatic rings. The van der Waals surface area contributed by atoms with Gasteiger partial charge in [-0.3, -0.25) is 4.79 Å². The smallest absolute Gasteiger partial charge is 0.266 e. The van der Waals surface area contributed by atoms with Crippen LogP contribution >= 0.6 is 55.1 Å². The first kappa shape index (κ1) is 23.4. The molecule has 8 heteroatoms. The van der Waals surface area contributed by atoms with Gasteiger partial charge in [-0.2, -0.15) is 5.26 Å². The Morgan fingerprint density at radius 2 is 1.81 bits per heavy atom. The molecule has 0 heterocycles. The lowest BCUT2D eigenvalue weighted by Crippen LogP contribution is -2.13. The van der Waals surface area contributed by atoms with Gasteiger partial charge in [0, 0.05) is 31.3 Å². The van der Waals surface area contributed by atoms with Gasteiger partial charge in [-0.05, 0) is 64.5 Å². The highest BCUT2D eigenvalue weighted by molar-refractivity contribution is 9.11. The molecule has 1 amide bonds. The summed E-state index contributed by atoms with van der Waals surface area (Å²) in [7, 11) is 0. The number of amides is 1. The summed E-state index contributed by atoms with van der Waals surface area (Å²) in [5.74, 6) is -0.0619. The number of nitrogens with zero attached hydrogens (tertiary/aromatic N) is 1. The second-order valence-corrected chi connectivity index (χ2v) is 8.93. The minimum Gasteiger partial charge on any atom is -0.487 e. The summed E-state index contributed by atoms with van der Waals surface area (Å²) in [5, 5.41) is 13.4. The number of rotatable bonds is 6. The van der Waals surface area contributed by atoms with Crippen LogP contribution in [0.15, 0.2) is 75.2 Å². The van der Waals surface area contributed by atoms with Crippen molar-refractivity contribution in [2.45, 2.75) is 6.61 Å². The molecule has 0 saturated carbocycles. The Labute approximate surface area is 206 Å². The van der Waals surface area contributed by atoms with Crippen LogP contribution in [0.25, 0.3) is 6.08 Å². The molecule has 3 rings (SSSR count). The number of carbonyl (C=O) groups excluding carboxylic acids is 1. The third-order valence-corrected chi connectivity index (χ3v) is 5.80. The molecule has 4 nitrogen and oxygen atoms in total. The van der Waals surface area contributed by atoms with Crippen LogP contribution in [-0.4, -0.2) is 5.91 Å². The molecule has 0 spiro atoms. The van der Waals surface area contributed by atoms with Crippen molar-refractivity contribution < 1.29 is 9.53 Å². The SMILES string of the molecule is N#C/C(=C\c1cc(Br)cc(Br)c1OCc1ccccc1Cl)C(=O)Nc1ccc(Cl)cc1. The minimum atomic E-state index is -0.544. The molecule has 0 bridgehead atoms. The van der Waals surface area contributed by atoms with Gasteiger partial charge >= 0.3 is 0 Å². The Morgan fingerprint density at radius 1 is 1.10 bits per heavy atom. The number of halogens is 4. The normalized spacial score (nSPS) is 11.0. The fourth-order valence-corrected chi connectivity index (χ4v) is 4.33. The van der Waals surface area contributed by atoms with Crippen molar-refractivity contribution in [3.05, 3.63) is 96.4 Å². The van der Waals surface area contributed by atoms with Crippen LogP contribution in [0.4, 0.5) is 5.69 Å². The number of nitrogens with one attached hydrogen (secondary N) is 1. The lowest BCUT2D eigenvalue weighted by atomic mass is 10.1. The van der Waals surface area contributed by atoms with Crippen LogP contribution in [0.5, 0.6) is 5.75 Å². The van der Waals surface area contributed by atoms with Crippen LogP contribution in [0, 0.1) is 11.3 Å². The third kappa shape index (κ3) is 6.34. The van der Waals surface area contributed by atoms with E-state index in [1.54, 1.807) is 36.4 Å². The molecule has 0 aliphatic heterocycles. The maximum Gasteiger partial charge on any atom is 0.266 e. The zero-order valence-electron chi connectivity index (χ0n) is 15.8. The quantitative estimate of drug-likeness (QED) is 0.241. The van der Waals surface area contributed by atoms with E-state index in [1.807, 2.05) is 30.3 Å². The van der Waals surface area contributed by atoms with Crippen molar-refractivity contribution in [2.24, 2.45) is 0 Å². The van der Waals surface area contributed by atoms with E-state index in [1.165, 1.54) is 6.08 Å². The van der Waals surface area contributed by atoms with Gasteiger partial charge in [0.15, 0.2) is 0 Å². The molecule has 1 N–H and O–H groups in total. The predicted molar refractivity (Wildman–Crippen MR) is 131 cm³/mol. The van der Waals surface area contributed by atoms with E-state index < -0.39 is 5.91 Å². The lowest BCUT2D eigenvalue weighted by Gasteiger charge is -2.13. The van der Waals surface area contributed by atoms with E-state index in [2.05, 4.69) is 37.2 Å². The average Bonchev–Trinajstić information content (AvgIpc) is 2.74. The molecule has 0 radical (unpaired) electrons. The van der Waals surface area contributed by atoms with E-state index in [-0.39, 0.29) is 12.2 Å². The van der Waals surface area contributed by atoms with Gasteiger partial charge in [-0.1, -0.05) is 57.3 Å². The summed E-state index contributed by atoms with van der Waals surface area (Å²) in [4.78, 5) is 12.6. The molecular weight excluding hydrogens is 567 g/mol. The number of anilines is 1. The second-order valence-electron chi connectivity index (χ2n) is 6.32. The summed E-state index contributed by atoms with van der Waals surface area (Å²) in [6.07, 6.45) is 1.47. The van der Waals surface area contributed by atoms with E-state index in [4.69, 9.17) is 27.9 Å². The van der Waals surface area contributed by atoms with Gasteiger partial charge < -0.3 is 10.1 Å². The second kappa shape index (κ2) is 10.8. The zero-order chi connectivity index (χ0) is 22.4. The van der Waals surface area contributed by atoms with Gasteiger partial charge in [0.05, 0.1) is 4.47 Å². The van der Waals surface area contributed by atoms with Crippen LogP contribution in [0.3, 0.4) is 0 Å². The number of benzene rings is 3. The Hall–Kier alpha value is -2.30. The number of nitriles is 1. The Kier molecular flexibility index (Phi) is 8.16. The van der Waals surface area contributed by atoms with Crippen LogP contribution in [0.1, 0.15) is 11.1 Å². The first-order valence-corrected chi connectivity index (χ1v) is 11.3. The van der Waals surface area contributed by atoms with Crippen molar-refractivity contribution in [3.63, 3.8) is 0 Å². The molecule has 0 aliphatic carbocycles. The minimum absolute atomic E-state index is 0.0810. The summed E-state index contributed by atoms with van der Waals surface area (Å²) in [6.45, 7) is 0.222. The summed E-state index contributed by atoms with van der Waals surface area (Å²) in [6, 6.07) is 19.5. The number of ether oxygens (including phenoxy) is 1. The van der Waals surface area contributed by atoms with Crippen LogP contribution in [-0.2, 0) is 11.4 Å². The molecule has 156 valence electrons. The van der Waals surface area contributed by atoms with Gasteiger partial charge in [-0.25, -0.2) is 0 Å². The van der Waals surface area contributed by atoms with E-state index in [0.717, 1.165) is 10.0 Å². The molecule has 3 aromatic carbocycles. The number of hydrogen-bond donors (Lipinski definition) is 1. The summed E-state index contributed by atoms with van der Waals surface area (Å²) in [5.41, 5.74) is 1.81. The summed E-state index contributed by atoms with van der Waals surface area (Å²) >= 11 is 19.0. The van der Waals surface area contributed by atoms with E-state index in [0.29, 0.717) is 31.5 Å². The number of carbonyl (C=O) groups is 1. The highest BCUT2D eigenvalue weighted by Gasteiger charge is 2.15. The van der Waals surface area contributed by atoms with Crippen LogP contribution in [0.2, 0.25) is 10.0 Å². The van der Waals surface area contributed by atoms with Crippen molar-refractivity contribution in [1.29, 1.82) is 5.26 Å². The molecule has 0 saturated heterocycles. The average molecular weight is 581 g/mol. The van der Waals surface area contributed by atoms with Gasteiger partial charge in [0.1, 0.15) is 24.0 Å². The fourth-order valence-electron chi connectivity index (χ4n) is 2.64. The maximum atomic E-state index is 12.6. The molecule has 0 aromatic heterocycles. The molecule has 3 aromatic rings. The monoisotopic (exact) mass is 578 g/mol. The van der Waals surface area contributed by atoms with E-state index >= 15 is 0 Å². The largest absolute Gasteiger partial charge is 0.487 e.